The molecule has 0 aliphatic rings. The molecule has 1 aromatic carbocycles. The second kappa shape index (κ2) is 3.29. The molecule has 0 bridgehead atoms. The second-order valence-corrected chi connectivity index (χ2v) is 2.13. The summed E-state index contributed by atoms with van der Waals surface area (Å²) in [7, 11) is 0. The molecule has 0 atom stereocenters. The topological polar surface area (TPSA) is 23.8 Å². The maximum absolute atomic E-state index is 8.66. The van der Waals surface area contributed by atoms with Crippen molar-refractivity contribution in [3.8, 4) is 30.8 Å². The molecular formula is C11H5N. The van der Waals surface area contributed by atoms with Gasteiger partial charge in [0.05, 0.1) is 11.1 Å². The van der Waals surface area contributed by atoms with E-state index in [-0.39, 0.29) is 0 Å². The van der Waals surface area contributed by atoms with Gasteiger partial charge in [-0.2, -0.15) is 5.26 Å². The van der Waals surface area contributed by atoms with Crippen LogP contribution in [0.4, 0.5) is 0 Å². The molecule has 0 unspecified atom stereocenters. The van der Waals surface area contributed by atoms with Crippen LogP contribution in [0.5, 0.6) is 0 Å². The maximum atomic E-state index is 8.66. The highest BCUT2D eigenvalue weighted by Gasteiger charge is 2.01. The Morgan fingerprint density at radius 2 is 1.75 bits per heavy atom. The van der Waals surface area contributed by atoms with Gasteiger partial charge >= 0.3 is 0 Å². The van der Waals surface area contributed by atoms with Gasteiger partial charge in [-0.1, -0.05) is 17.9 Å². The lowest BCUT2D eigenvalue weighted by molar-refractivity contribution is 1.46. The first-order chi connectivity index (χ1) is 5.83. The monoisotopic (exact) mass is 151 g/mol. The highest BCUT2D eigenvalue weighted by molar-refractivity contribution is 5.56. The Morgan fingerprint density at radius 1 is 1.08 bits per heavy atom. The van der Waals surface area contributed by atoms with Crippen LogP contribution in [0.15, 0.2) is 18.2 Å². The third-order valence-corrected chi connectivity index (χ3v) is 1.48. The van der Waals surface area contributed by atoms with E-state index >= 15 is 0 Å². The Labute approximate surface area is 71.6 Å². The van der Waals surface area contributed by atoms with Gasteiger partial charge in [0.2, 0.25) is 0 Å². The van der Waals surface area contributed by atoms with E-state index in [1.54, 1.807) is 18.2 Å². The van der Waals surface area contributed by atoms with E-state index in [1.807, 2.05) is 6.07 Å². The molecule has 0 fully saturated rings. The molecule has 1 heteroatoms. The van der Waals surface area contributed by atoms with Gasteiger partial charge in [-0.05, 0) is 12.1 Å². The number of nitrogens with zero attached hydrogens (tertiary/aromatic N) is 1. The van der Waals surface area contributed by atoms with E-state index in [0.717, 1.165) is 0 Å². The minimum Gasteiger partial charge on any atom is -0.192 e. The minimum absolute atomic E-state index is 0.452. The van der Waals surface area contributed by atoms with Crippen LogP contribution in [-0.4, -0.2) is 0 Å². The molecule has 1 nitrogen and oxygen atoms in total. The molecule has 0 aliphatic heterocycles. The van der Waals surface area contributed by atoms with Crippen molar-refractivity contribution in [3.05, 3.63) is 34.9 Å². The third kappa shape index (κ3) is 1.15. The molecule has 0 radical (unpaired) electrons. The summed E-state index contributed by atoms with van der Waals surface area (Å²) in [5.74, 6) is 4.83. The standard InChI is InChI=1S/C11H5N/c1-3-9-6-5-7-10(8-12)11(9)4-2/h1-2,5-7H. The van der Waals surface area contributed by atoms with Gasteiger partial charge in [-0.15, -0.1) is 12.8 Å². The number of nitriles is 1. The van der Waals surface area contributed by atoms with Gasteiger partial charge in [0, 0.05) is 5.56 Å². The number of benzene rings is 1. The first-order valence-electron chi connectivity index (χ1n) is 3.29. The first-order valence-corrected chi connectivity index (χ1v) is 3.29. The van der Waals surface area contributed by atoms with Gasteiger partial charge in [-0.25, -0.2) is 0 Å². The van der Waals surface area contributed by atoms with Crippen molar-refractivity contribution in [3.63, 3.8) is 0 Å². The van der Waals surface area contributed by atoms with E-state index in [9.17, 15) is 0 Å². The van der Waals surface area contributed by atoms with Crippen molar-refractivity contribution in [1.29, 1.82) is 5.26 Å². The number of hydrogen-bond acceptors (Lipinski definition) is 1. The molecule has 0 aromatic heterocycles. The average Bonchev–Trinajstić information content (AvgIpc) is 2.16. The molecule has 54 valence electrons. The van der Waals surface area contributed by atoms with Crippen molar-refractivity contribution < 1.29 is 0 Å². The molecule has 12 heavy (non-hydrogen) atoms. The molecule has 0 N–H and O–H groups in total. The van der Waals surface area contributed by atoms with Crippen molar-refractivity contribution >= 4 is 0 Å². The van der Waals surface area contributed by atoms with Gasteiger partial charge < -0.3 is 0 Å². The normalized spacial score (nSPS) is 7.75. The van der Waals surface area contributed by atoms with Crippen molar-refractivity contribution in [2.45, 2.75) is 0 Å². The van der Waals surface area contributed by atoms with Crippen molar-refractivity contribution in [2.75, 3.05) is 0 Å². The SMILES string of the molecule is C#Cc1cccc(C#N)c1C#C. The lowest BCUT2D eigenvalue weighted by atomic mass is 10.0. The third-order valence-electron chi connectivity index (χ3n) is 1.48. The van der Waals surface area contributed by atoms with E-state index in [0.29, 0.717) is 16.7 Å². The predicted octanol–water partition coefficient (Wildman–Crippen LogP) is 1.52. The number of rotatable bonds is 0. The smallest absolute Gasteiger partial charge is 0.100 e. The lowest BCUT2D eigenvalue weighted by Gasteiger charge is -1.97. The second-order valence-electron chi connectivity index (χ2n) is 2.13. The Hall–Kier alpha value is -2.17. The molecule has 0 saturated heterocycles. The molecule has 0 saturated carbocycles. The van der Waals surface area contributed by atoms with Crippen molar-refractivity contribution in [1.82, 2.24) is 0 Å². The Morgan fingerprint density at radius 3 is 2.25 bits per heavy atom. The highest BCUT2D eigenvalue weighted by Crippen LogP contribution is 2.11. The maximum Gasteiger partial charge on any atom is 0.100 e. The molecule has 0 heterocycles. The van der Waals surface area contributed by atoms with Crippen LogP contribution in [0.2, 0.25) is 0 Å². The van der Waals surface area contributed by atoms with Crippen LogP contribution in [0.1, 0.15) is 16.7 Å². The van der Waals surface area contributed by atoms with Crippen LogP contribution >= 0.6 is 0 Å². The quantitative estimate of drug-likeness (QED) is 0.516. The van der Waals surface area contributed by atoms with Crippen LogP contribution < -0.4 is 0 Å². The predicted molar refractivity (Wildman–Crippen MR) is 47.0 cm³/mol. The fraction of sp³-hybridized carbons (Fsp3) is 0. The minimum atomic E-state index is 0.452. The summed E-state index contributed by atoms with van der Waals surface area (Å²) in [6, 6.07) is 7.07. The van der Waals surface area contributed by atoms with Crippen molar-refractivity contribution in [2.24, 2.45) is 0 Å². The zero-order valence-corrected chi connectivity index (χ0v) is 6.33. The Kier molecular flexibility index (Phi) is 2.17. The van der Waals surface area contributed by atoms with Gasteiger partial charge in [0.25, 0.3) is 0 Å². The number of terminal acetylenes is 2. The van der Waals surface area contributed by atoms with Crippen LogP contribution in [-0.2, 0) is 0 Å². The molecule has 1 rings (SSSR count). The molecule has 0 amide bonds. The van der Waals surface area contributed by atoms with Gasteiger partial charge in [0.15, 0.2) is 0 Å². The summed E-state index contributed by atoms with van der Waals surface area (Å²) in [5.41, 5.74) is 1.55. The summed E-state index contributed by atoms with van der Waals surface area (Å²) in [4.78, 5) is 0. The summed E-state index contributed by atoms with van der Waals surface area (Å²) >= 11 is 0. The zero-order valence-electron chi connectivity index (χ0n) is 6.33. The fourth-order valence-corrected chi connectivity index (χ4v) is 0.921. The summed E-state index contributed by atoms with van der Waals surface area (Å²) in [6.07, 6.45) is 10.4. The van der Waals surface area contributed by atoms with E-state index in [1.165, 1.54) is 0 Å². The van der Waals surface area contributed by atoms with E-state index in [2.05, 4.69) is 11.8 Å². The Balaban J connectivity index is 3.51. The average molecular weight is 151 g/mol. The van der Waals surface area contributed by atoms with E-state index < -0.39 is 0 Å². The largest absolute Gasteiger partial charge is 0.192 e. The molecule has 0 spiro atoms. The highest BCUT2D eigenvalue weighted by atomic mass is 14.2. The lowest BCUT2D eigenvalue weighted by Crippen LogP contribution is -1.87. The van der Waals surface area contributed by atoms with Crippen LogP contribution in [0, 0.1) is 36.0 Å². The first kappa shape index (κ1) is 7.93. The molecule has 1 aromatic rings. The zero-order chi connectivity index (χ0) is 8.97. The summed E-state index contributed by atoms with van der Waals surface area (Å²) in [5, 5.41) is 8.66. The molecular weight excluding hydrogens is 146 g/mol. The van der Waals surface area contributed by atoms with Crippen LogP contribution in [0.25, 0.3) is 0 Å². The van der Waals surface area contributed by atoms with Crippen LogP contribution in [0.3, 0.4) is 0 Å². The molecule has 0 aliphatic carbocycles. The van der Waals surface area contributed by atoms with Gasteiger partial charge in [-0.3, -0.25) is 0 Å². The summed E-state index contributed by atoms with van der Waals surface area (Å²) in [6.45, 7) is 0. The Bertz CT molecular complexity index is 390. The van der Waals surface area contributed by atoms with Gasteiger partial charge in [0.1, 0.15) is 6.07 Å². The summed E-state index contributed by atoms with van der Waals surface area (Å²) < 4.78 is 0. The number of hydrogen-bond donors (Lipinski definition) is 0. The van der Waals surface area contributed by atoms with E-state index in [4.69, 9.17) is 18.1 Å². The fourth-order valence-electron chi connectivity index (χ4n) is 0.921.